The van der Waals surface area contributed by atoms with Crippen molar-refractivity contribution in [3.63, 3.8) is 0 Å². The summed E-state index contributed by atoms with van der Waals surface area (Å²) in [5.74, 6) is -0.142. The smallest absolute Gasteiger partial charge is 0.255 e. The minimum Gasteiger partial charge on any atom is -0.337 e. The predicted octanol–water partition coefficient (Wildman–Crippen LogP) is 4.60. The summed E-state index contributed by atoms with van der Waals surface area (Å²) >= 11 is 12.2. The highest BCUT2D eigenvalue weighted by molar-refractivity contribution is 6.35. The molecule has 142 valence electrons. The van der Waals surface area contributed by atoms with Crippen molar-refractivity contribution in [2.75, 3.05) is 26.2 Å². The van der Waals surface area contributed by atoms with Crippen LogP contribution in [0.3, 0.4) is 0 Å². The molecule has 6 heteroatoms. The van der Waals surface area contributed by atoms with E-state index in [1.165, 1.54) is 0 Å². The van der Waals surface area contributed by atoms with E-state index >= 15 is 0 Å². The number of carbonyl (C=O) groups is 2. The van der Waals surface area contributed by atoms with Crippen LogP contribution in [0.2, 0.25) is 10.0 Å². The lowest BCUT2D eigenvalue weighted by molar-refractivity contribution is 0.0719. The summed E-state index contributed by atoms with van der Waals surface area (Å²) < 4.78 is 0. The number of halogens is 2. The lowest BCUT2D eigenvalue weighted by Gasteiger charge is -2.23. The summed E-state index contributed by atoms with van der Waals surface area (Å²) in [6.45, 7) is 6.20. The van der Waals surface area contributed by atoms with Crippen molar-refractivity contribution in [2.24, 2.45) is 0 Å². The molecule has 0 N–H and O–H groups in total. The minimum absolute atomic E-state index is 0.00758. The largest absolute Gasteiger partial charge is 0.337 e. The van der Waals surface area contributed by atoms with Gasteiger partial charge in [0.1, 0.15) is 0 Å². The predicted molar refractivity (Wildman–Crippen MR) is 109 cm³/mol. The first-order chi connectivity index (χ1) is 12.9. The summed E-state index contributed by atoms with van der Waals surface area (Å²) in [4.78, 5) is 29.2. The van der Waals surface area contributed by atoms with E-state index in [0.717, 1.165) is 17.5 Å². The number of hydrogen-bond acceptors (Lipinski definition) is 2. The molecule has 0 spiro atoms. The molecule has 0 aliphatic carbocycles. The van der Waals surface area contributed by atoms with E-state index < -0.39 is 0 Å². The normalized spacial score (nSPS) is 14.8. The second kappa shape index (κ2) is 8.32. The van der Waals surface area contributed by atoms with Crippen molar-refractivity contribution in [1.29, 1.82) is 0 Å². The summed E-state index contributed by atoms with van der Waals surface area (Å²) in [6.07, 6.45) is 0.723. The third-order valence-corrected chi connectivity index (χ3v) is 5.55. The van der Waals surface area contributed by atoms with Gasteiger partial charge in [-0.15, -0.1) is 0 Å². The average Bonchev–Trinajstić information content (AvgIpc) is 2.91. The molecule has 1 aliphatic rings. The fourth-order valence-electron chi connectivity index (χ4n) is 3.21. The van der Waals surface area contributed by atoms with E-state index in [4.69, 9.17) is 23.2 Å². The number of benzene rings is 2. The van der Waals surface area contributed by atoms with Gasteiger partial charge in [0.25, 0.3) is 11.8 Å². The summed E-state index contributed by atoms with van der Waals surface area (Å²) in [6, 6.07) is 10.6. The zero-order valence-electron chi connectivity index (χ0n) is 15.5. The van der Waals surface area contributed by atoms with Crippen molar-refractivity contribution in [3.8, 4) is 0 Å². The van der Waals surface area contributed by atoms with Crippen LogP contribution in [0.5, 0.6) is 0 Å². The molecular formula is C21H22Cl2N2O2. The Balaban J connectivity index is 1.71. The second-order valence-electron chi connectivity index (χ2n) is 6.86. The van der Waals surface area contributed by atoms with Crippen molar-refractivity contribution < 1.29 is 9.59 Å². The molecule has 1 aliphatic heterocycles. The van der Waals surface area contributed by atoms with Crippen molar-refractivity contribution >= 4 is 35.0 Å². The van der Waals surface area contributed by atoms with Gasteiger partial charge in [-0.3, -0.25) is 9.59 Å². The molecular weight excluding hydrogens is 383 g/mol. The van der Waals surface area contributed by atoms with E-state index in [2.05, 4.69) is 0 Å². The number of carbonyl (C=O) groups excluding carboxylic acids is 2. The molecule has 1 saturated heterocycles. The molecule has 0 aromatic heterocycles. The Bertz CT molecular complexity index is 882. The van der Waals surface area contributed by atoms with Gasteiger partial charge in [0, 0.05) is 36.8 Å². The van der Waals surface area contributed by atoms with E-state index in [1.807, 2.05) is 36.9 Å². The number of amides is 2. The van der Waals surface area contributed by atoms with Crippen LogP contribution in [0.4, 0.5) is 0 Å². The number of aryl methyl sites for hydroxylation is 2. The number of rotatable bonds is 2. The van der Waals surface area contributed by atoms with Crippen LogP contribution in [0.1, 0.15) is 38.3 Å². The first-order valence-electron chi connectivity index (χ1n) is 8.97. The molecule has 0 radical (unpaired) electrons. The zero-order chi connectivity index (χ0) is 19.6. The molecule has 27 heavy (non-hydrogen) atoms. The third kappa shape index (κ3) is 4.45. The van der Waals surface area contributed by atoms with Gasteiger partial charge < -0.3 is 9.80 Å². The zero-order valence-corrected chi connectivity index (χ0v) is 17.0. The molecule has 0 bridgehead atoms. The molecule has 0 atom stereocenters. The standard InChI is InChI=1S/C21H22Cl2N2O2/c1-14-4-5-16(12-15(14)2)20(26)24-8-3-9-25(11-10-24)21(27)18-13-17(22)6-7-19(18)23/h4-7,12-13H,3,8-11H2,1-2H3. The monoisotopic (exact) mass is 404 g/mol. The van der Waals surface area contributed by atoms with E-state index in [9.17, 15) is 9.59 Å². The van der Waals surface area contributed by atoms with Gasteiger partial charge >= 0.3 is 0 Å². The van der Waals surface area contributed by atoms with Gasteiger partial charge in [0.2, 0.25) is 0 Å². The Labute approximate surface area is 169 Å². The maximum atomic E-state index is 12.8. The van der Waals surface area contributed by atoms with Gasteiger partial charge in [0.05, 0.1) is 10.6 Å². The molecule has 2 aromatic rings. The molecule has 2 aromatic carbocycles. The lowest BCUT2D eigenvalue weighted by atomic mass is 10.1. The quantitative estimate of drug-likeness (QED) is 0.733. The van der Waals surface area contributed by atoms with E-state index in [1.54, 1.807) is 23.1 Å². The number of hydrogen-bond donors (Lipinski definition) is 0. The van der Waals surface area contributed by atoms with Gasteiger partial charge in [-0.2, -0.15) is 0 Å². The van der Waals surface area contributed by atoms with Gasteiger partial charge in [0.15, 0.2) is 0 Å². The fourth-order valence-corrected chi connectivity index (χ4v) is 3.58. The van der Waals surface area contributed by atoms with Crippen LogP contribution in [-0.4, -0.2) is 47.8 Å². The Morgan fingerprint density at radius 2 is 1.48 bits per heavy atom. The van der Waals surface area contributed by atoms with Crippen LogP contribution in [0.25, 0.3) is 0 Å². The molecule has 0 unspecified atom stereocenters. The lowest BCUT2D eigenvalue weighted by Crippen LogP contribution is -2.37. The maximum Gasteiger partial charge on any atom is 0.255 e. The molecule has 0 saturated carbocycles. The minimum atomic E-state index is -0.150. The van der Waals surface area contributed by atoms with Crippen LogP contribution in [-0.2, 0) is 0 Å². The molecule has 1 heterocycles. The third-order valence-electron chi connectivity index (χ3n) is 4.98. The molecule has 1 fully saturated rings. The van der Waals surface area contributed by atoms with E-state index in [0.29, 0.717) is 47.4 Å². The van der Waals surface area contributed by atoms with Crippen LogP contribution in [0, 0.1) is 13.8 Å². The van der Waals surface area contributed by atoms with Crippen molar-refractivity contribution in [2.45, 2.75) is 20.3 Å². The molecule has 4 nitrogen and oxygen atoms in total. The van der Waals surface area contributed by atoms with Crippen molar-refractivity contribution in [3.05, 3.63) is 68.7 Å². The molecule has 2 amide bonds. The topological polar surface area (TPSA) is 40.6 Å². The summed E-state index contributed by atoms with van der Waals surface area (Å²) in [5.41, 5.74) is 3.36. The maximum absolute atomic E-state index is 12.8. The number of nitrogens with zero attached hydrogens (tertiary/aromatic N) is 2. The van der Waals surface area contributed by atoms with E-state index in [-0.39, 0.29) is 11.8 Å². The van der Waals surface area contributed by atoms with Crippen molar-refractivity contribution in [1.82, 2.24) is 9.80 Å². The SMILES string of the molecule is Cc1ccc(C(=O)N2CCCN(C(=O)c3cc(Cl)ccc3Cl)CC2)cc1C. The average molecular weight is 405 g/mol. The van der Waals surface area contributed by atoms with Crippen LogP contribution in [0.15, 0.2) is 36.4 Å². The van der Waals surface area contributed by atoms with Gasteiger partial charge in [-0.25, -0.2) is 0 Å². The Morgan fingerprint density at radius 3 is 2.15 bits per heavy atom. The Morgan fingerprint density at radius 1 is 0.815 bits per heavy atom. The Kier molecular flexibility index (Phi) is 6.08. The first-order valence-corrected chi connectivity index (χ1v) is 9.73. The van der Waals surface area contributed by atoms with Crippen LogP contribution < -0.4 is 0 Å². The summed E-state index contributed by atoms with van der Waals surface area (Å²) in [7, 11) is 0. The fraction of sp³-hybridized carbons (Fsp3) is 0.333. The highest BCUT2D eigenvalue weighted by atomic mass is 35.5. The van der Waals surface area contributed by atoms with Gasteiger partial charge in [-0.05, 0) is 61.7 Å². The first kappa shape index (κ1) is 19.7. The van der Waals surface area contributed by atoms with Crippen LogP contribution >= 0.6 is 23.2 Å². The second-order valence-corrected chi connectivity index (χ2v) is 7.70. The Hall–Kier alpha value is -2.04. The molecule has 3 rings (SSSR count). The highest BCUT2D eigenvalue weighted by Crippen LogP contribution is 2.23. The summed E-state index contributed by atoms with van der Waals surface area (Å²) in [5, 5.41) is 0.862. The van der Waals surface area contributed by atoms with Gasteiger partial charge in [-0.1, -0.05) is 29.3 Å². The highest BCUT2D eigenvalue weighted by Gasteiger charge is 2.25.